The average Bonchev–Trinajstić information content (AvgIpc) is 2.87. The van der Waals surface area contributed by atoms with Crippen LogP contribution in [0.15, 0.2) is 34.2 Å². The monoisotopic (exact) mass is 354 g/mol. The molecule has 8 heteroatoms. The number of morpholine rings is 1. The molecular formula is C15H19ClN4O2S. The summed E-state index contributed by atoms with van der Waals surface area (Å²) < 4.78 is 7.33. The number of rotatable bonds is 5. The van der Waals surface area contributed by atoms with Crippen molar-refractivity contribution in [1.29, 1.82) is 0 Å². The number of halogens is 1. The zero-order valence-corrected chi connectivity index (χ0v) is 14.4. The third-order valence-corrected chi connectivity index (χ3v) is 5.34. The summed E-state index contributed by atoms with van der Waals surface area (Å²) >= 11 is 7.76. The van der Waals surface area contributed by atoms with Crippen molar-refractivity contribution in [2.24, 2.45) is 7.05 Å². The van der Waals surface area contributed by atoms with E-state index < -0.39 is 0 Å². The van der Waals surface area contributed by atoms with Crippen LogP contribution in [0.1, 0.15) is 5.56 Å². The quantitative estimate of drug-likeness (QED) is 0.829. The molecule has 1 aliphatic heterocycles. The van der Waals surface area contributed by atoms with E-state index in [0.29, 0.717) is 11.8 Å². The van der Waals surface area contributed by atoms with E-state index in [1.54, 1.807) is 7.05 Å². The van der Waals surface area contributed by atoms with Crippen LogP contribution in [0.25, 0.3) is 0 Å². The van der Waals surface area contributed by atoms with Gasteiger partial charge < -0.3 is 4.74 Å². The minimum atomic E-state index is -0.197. The Hall–Kier alpha value is -1.28. The lowest BCUT2D eigenvalue weighted by Gasteiger charge is -2.32. The highest BCUT2D eigenvalue weighted by Crippen LogP contribution is 2.21. The molecule has 1 aliphatic rings. The summed E-state index contributed by atoms with van der Waals surface area (Å²) in [4.78, 5) is 13.7. The van der Waals surface area contributed by atoms with Crippen molar-refractivity contribution in [1.82, 2.24) is 19.7 Å². The van der Waals surface area contributed by atoms with Crippen molar-refractivity contribution < 1.29 is 4.74 Å². The van der Waals surface area contributed by atoms with Gasteiger partial charge in [-0.15, -0.1) is 5.10 Å². The van der Waals surface area contributed by atoms with Crippen molar-refractivity contribution in [2.75, 3.05) is 25.4 Å². The second-order valence-electron chi connectivity index (χ2n) is 5.50. The van der Waals surface area contributed by atoms with Crippen LogP contribution in [0, 0.1) is 0 Å². The Morgan fingerprint density at radius 2 is 2.30 bits per heavy atom. The van der Waals surface area contributed by atoms with E-state index in [9.17, 15) is 4.79 Å². The van der Waals surface area contributed by atoms with Crippen LogP contribution in [0.5, 0.6) is 0 Å². The molecule has 0 spiro atoms. The number of aromatic amines is 1. The molecule has 0 unspecified atom stereocenters. The summed E-state index contributed by atoms with van der Waals surface area (Å²) in [6.45, 7) is 3.27. The van der Waals surface area contributed by atoms with Gasteiger partial charge in [-0.3, -0.25) is 9.47 Å². The molecule has 1 saturated heterocycles. The topological polar surface area (TPSA) is 63.1 Å². The molecule has 0 aliphatic carbocycles. The SMILES string of the molecule is Cn1c(SC[C@@H]2CN(Cc3ccccc3Cl)CCO2)n[nH]c1=O. The lowest BCUT2D eigenvalue weighted by molar-refractivity contribution is -0.0187. The summed E-state index contributed by atoms with van der Waals surface area (Å²) in [5, 5.41) is 7.93. The van der Waals surface area contributed by atoms with Crippen LogP contribution in [0.4, 0.5) is 0 Å². The fourth-order valence-corrected chi connectivity index (χ4v) is 3.64. The van der Waals surface area contributed by atoms with Crippen molar-refractivity contribution in [3.63, 3.8) is 0 Å². The molecule has 0 amide bonds. The number of H-pyrrole nitrogens is 1. The lowest BCUT2D eigenvalue weighted by Crippen LogP contribution is -2.43. The first-order valence-corrected chi connectivity index (χ1v) is 8.81. The molecule has 23 heavy (non-hydrogen) atoms. The van der Waals surface area contributed by atoms with Gasteiger partial charge in [0.25, 0.3) is 0 Å². The van der Waals surface area contributed by atoms with Crippen LogP contribution in [-0.2, 0) is 18.3 Å². The highest BCUT2D eigenvalue weighted by Gasteiger charge is 2.22. The average molecular weight is 355 g/mol. The molecule has 1 atom stereocenters. The van der Waals surface area contributed by atoms with E-state index in [4.69, 9.17) is 16.3 Å². The number of ether oxygens (including phenoxy) is 1. The largest absolute Gasteiger partial charge is 0.375 e. The van der Waals surface area contributed by atoms with Crippen LogP contribution in [-0.4, -0.2) is 51.2 Å². The molecule has 1 N–H and O–H groups in total. The molecule has 2 aromatic rings. The van der Waals surface area contributed by atoms with Gasteiger partial charge in [-0.1, -0.05) is 41.6 Å². The molecule has 2 heterocycles. The van der Waals surface area contributed by atoms with Gasteiger partial charge in [-0.05, 0) is 11.6 Å². The van der Waals surface area contributed by atoms with E-state index in [1.165, 1.54) is 16.3 Å². The summed E-state index contributed by atoms with van der Waals surface area (Å²) in [7, 11) is 1.71. The fraction of sp³-hybridized carbons (Fsp3) is 0.467. The Labute approximate surface area is 143 Å². The van der Waals surface area contributed by atoms with Crippen molar-refractivity contribution in [2.45, 2.75) is 17.8 Å². The smallest absolute Gasteiger partial charge is 0.343 e. The second-order valence-corrected chi connectivity index (χ2v) is 6.90. The summed E-state index contributed by atoms with van der Waals surface area (Å²) in [6.07, 6.45) is 0.114. The Morgan fingerprint density at radius 3 is 3.04 bits per heavy atom. The normalized spacial score (nSPS) is 19.1. The number of nitrogens with zero attached hydrogens (tertiary/aromatic N) is 3. The Kier molecular flexibility index (Phi) is 5.42. The molecule has 3 rings (SSSR count). The van der Waals surface area contributed by atoms with E-state index >= 15 is 0 Å². The number of benzene rings is 1. The number of nitrogens with one attached hydrogen (secondary N) is 1. The first-order valence-electron chi connectivity index (χ1n) is 7.45. The van der Waals surface area contributed by atoms with Gasteiger partial charge in [0.05, 0.1) is 12.7 Å². The van der Waals surface area contributed by atoms with Crippen LogP contribution < -0.4 is 5.69 Å². The molecule has 0 bridgehead atoms. The van der Waals surface area contributed by atoms with Crippen molar-refractivity contribution in [3.05, 3.63) is 45.3 Å². The van der Waals surface area contributed by atoms with E-state index in [-0.39, 0.29) is 11.8 Å². The zero-order chi connectivity index (χ0) is 16.2. The zero-order valence-electron chi connectivity index (χ0n) is 12.9. The molecule has 0 radical (unpaired) electrons. The fourth-order valence-electron chi connectivity index (χ4n) is 2.52. The second kappa shape index (κ2) is 7.53. The maximum atomic E-state index is 11.4. The Morgan fingerprint density at radius 1 is 1.48 bits per heavy atom. The predicted molar refractivity (Wildman–Crippen MR) is 91.0 cm³/mol. The number of hydrogen-bond donors (Lipinski definition) is 1. The van der Waals surface area contributed by atoms with E-state index in [0.717, 1.165) is 36.0 Å². The molecular weight excluding hydrogens is 336 g/mol. The Balaban J connectivity index is 1.55. The molecule has 1 aromatic heterocycles. The van der Waals surface area contributed by atoms with Crippen LogP contribution in [0.2, 0.25) is 5.02 Å². The van der Waals surface area contributed by atoms with Crippen LogP contribution >= 0.6 is 23.4 Å². The maximum absolute atomic E-state index is 11.4. The minimum Gasteiger partial charge on any atom is -0.375 e. The standard InChI is InChI=1S/C15H19ClN4O2S/c1-19-14(21)17-18-15(19)23-10-12-9-20(6-7-22-12)8-11-4-2-3-5-13(11)16/h2-5,12H,6-10H2,1H3,(H,17,21)/t12-/m0/s1. The number of thioether (sulfide) groups is 1. The third kappa shape index (κ3) is 4.17. The van der Waals surface area contributed by atoms with Crippen molar-refractivity contribution >= 4 is 23.4 Å². The highest BCUT2D eigenvalue weighted by atomic mass is 35.5. The van der Waals surface area contributed by atoms with Gasteiger partial charge in [-0.25, -0.2) is 9.89 Å². The molecule has 1 fully saturated rings. The van der Waals surface area contributed by atoms with Crippen LogP contribution in [0.3, 0.4) is 0 Å². The molecule has 1 aromatic carbocycles. The Bertz CT molecular complexity index is 717. The first-order chi connectivity index (χ1) is 11.1. The van der Waals surface area contributed by atoms with E-state index in [2.05, 4.69) is 21.2 Å². The van der Waals surface area contributed by atoms with E-state index in [1.807, 2.05) is 18.2 Å². The van der Waals surface area contributed by atoms with Gasteiger partial charge in [-0.2, -0.15) is 0 Å². The number of hydrogen-bond acceptors (Lipinski definition) is 5. The third-order valence-electron chi connectivity index (χ3n) is 3.81. The lowest BCUT2D eigenvalue weighted by atomic mass is 10.2. The molecule has 0 saturated carbocycles. The summed E-state index contributed by atoms with van der Waals surface area (Å²) in [6, 6.07) is 7.93. The number of aromatic nitrogens is 3. The first kappa shape index (κ1) is 16.6. The summed E-state index contributed by atoms with van der Waals surface area (Å²) in [5.74, 6) is 0.761. The highest BCUT2D eigenvalue weighted by molar-refractivity contribution is 7.99. The van der Waals surface area contributed by atoms with Gasteiger partial charge in [0.15, 0.2) is 5.16 Å². The molecule has 124 valence electrons. The van der Waals surface area contributed by atoms with Gasteiger partial charge in [0, 0.05) is 37.5 Å². The van der Waals surface area contributed by atoms with Gasteiger partial charge in [0.2, 0.25) is 0 Å². The van der Waals surface area contributed by atoms with Gasteiger partial charge in [0.1, 0.15) is 0 Å². The molecule has 6 nitrogen and oxygen atoms in total. The van der Waals surface area contributed by atoms with Crippen molar-refractivity contribution in [3.8, 4) is 0 Å². The van der Waals surface area contributed by atoms with Gasteiger partial charge >= 0.3 is 5.69 Å². The predicted octanol–water partition coefficient (Wildman–Crippen LogP) is 1.75. The maximum Gasteiger partial charge on any atom is 0.343 e. The minimum absolute atomic E-state index is 0.114. The summed E-state index contributed by atoms with van der Waals surface area (Å²) in [5.41, 5.74) is 0.939.